The summed E-state index contributed by atoms with van der Waals surface area (Å²) in [7, 11) is -6.18. The van der Waals surface area contributed by atoms with Gasteiger partial charge in [-0.25, -0.2) is 8.78 Å². The van der Waals surface area contributed by atoms with Crippen LogP contribution in [0, 0.1) is 0 Å². The Morgan fingerprint density at radius 3 is 2.23 bits per heavy atom. The van der Waals surface area contributed by atoms with Crippen molar-refractivity contribution in [3.63, 3.8) is 0 Å². The second-order valence-corrected chi connectivity index (χ2v) is 7.09. The number of rotatable bonds is 4. The van der Waals surface area contributed by atoms with Gasteiger partial charge in [0.1, 0.15) is 11.9 Å². The van der Waals surface area contributed by atoms with E-state index < -0.39 is 75.5 Å². The van der Waals surface area contributed by atoms with Crippen LogP contribution in [-0.4, -0.2) is 31.1 Å². The maximum Gasteiger partial charge on any atom is 0.534 e. The summed E-state index contributed by atoms with van der Waals surface area (Å²) >= 11 is 0. The molecule has 1 aromatic carbocycles. The number of fused-ring (bicyclic) bond motifs is 1. The molecule has 0 aliphatic heterocycles. The van der Waals surface area contributed by atoms with Crippen LogP contribution in [0.5, 0.6) is 5.75 Å². The highest BCUT2D eigenvalue weighted by molar-refractivity contribution is 7.88. The SMILES string of the molecule is O=S(=O)(Oc1ccc(CCC(F)(F)F)c2c1CC(F)(F)[C@H]2O)C(F)(F)F. The van der Waals surface area contributed by atoms with Crippen LogP contribution in [-0.2, 0) is 23.0 Å². The molecule has 13 heteroatoms. The summed E-state index contributed by atoms with van der Waals surface area (Å²) in [5, 5.41) is 9.64. The zero-order valence-electron chi connectivity index (χ0n) is 12.5. The summed E-state index contributed by atoms with van der Waals surface area (Å²) in [6, 6.07) is 1.28. The minimum absolute atomic E-state index is 0.390. The lowest BCUT2D eigenvalue weighted by molar-refractivity contribution is -0.134. The average molecular weight is 414 g/mol. The predicted molar refractivity (Wildman–Crippen MR) is 70.0 cm³/mol. The molecule has 1 aliphatic rings. The number of alkyl halides is 8. The second-order valence-electron chi connectivity index (χ2n) is 5.55. The maximum atomic E-state index is 13.7. The first-order chi connectivity index (χ1) is 11.6. The van der Waals surface area contributed by atoms with Crippen molar-refractivity contribution in [2.45, 2.75) is 43.0 Å². The monoisotopic (exact) mass is 414 g/mol. The third-order valence-electron chi connectivity index (χ3n) is 3.65. The van der Waals surface area contributed by atoms with Gasteiger partial charge >= 0.3 is 21.8 Å². The van der Waals surface area contributed by atoms with Gasteiger partial charge in [-0.2, -0.15) is 34.8 Å². The Bertz CT molecular complexity index is 798. The highest BCUT2D eigenvalue weighted by atomic mass is 32.2. The Morgan fingerprint density at radius 2 is 1.73 bits per heavy atom. The largest absolute Gasteiger partial charge is 0.534 e. The van der Waals surface area contributed by atoms with E-state index in [0.29, 0.717) is 6.07 Å². The summed E-state index contributed by atoms with van der Waals surface area (Å²) in [5.41, 5.74) is -7.77. The average Bonchev–Trinajstić information content (AvgIpc) is 2.67. The van der Waals surface area contributed by atoms with Crippen molar-refractivity contribution in [3.8, 4) is 5.75 Å². The van der Waals surface area contributed by atoms with Gasteiger partial charge in [0.05, 0.1) is 0 Å². The fraction of sp³-hybridized carbons (Fsp3) is 0.538. The first-order valence-corrected chi connectivity index (χ1v) is 8.24. The van der Waals surface area contributed by atoms with E-state index in [0.717, 1.165) is 6.07 Å². The number of aliphatic hydroxyl groups excluding tert-OH is 1. The minimum Gasteiger partial charge on any atom is -0.382 e. The molecule has 0 fully saturated rings. The van der Waals surface area contributed by atoms with Crippen LogP contribution in [0.3, 0.4) is 0 Å². The molecule has 1 atom stereocenters. The van der Waals surface area contributed by atoms with E-state index in [1.54, 1.807) is 0 Å². The third-order valence-corrected chi connectivity index (χ3v) is 4.62. The van der Waals surface area contributed by atoms with E-state index >= 15 is 0 Å². The molecular formula is C13H10F8O4S. The third kappa shape index (κ3) is 4.03. The second kappa shape index (κ2) is 6.22. The number of benzene rings is 1. The fourth-order valence-electron chi connectivity index (χ4n) is 2.50. The molecule has 0 unspecified atom stereocenters. The van der Waals surface area contributed by atoms with Gasteiger partial charge in [-0.1, -0.05) is 6.07 Å². The summed E-state index contributed by atoms with van der Waals surface area (Å²) in [4.78, 5) is 0. The molecule has 0 heterocycles. The van der Waals surface area contributed by atoms with Crippen LogP contribution in [0.4, 0.5) is 35.1 Å². The molecule has 1 aromatic rings. The van der Waals surface area contributed by atoms with Crippen LogP contribution in [0.25, 0.3) is 0 Å². The smallest absolute Gasteiger partial charge is 0.382 e. The van der Waals surface area contributed by atoms with E-state index in [4.69, 9.17) is 0 Å². The van der Waals surface area contributed by atoms with Crippen molar-refractivity contribution in [3.05, 3.63) is 28.8 Å². The summed E-state index contributed by atoms with van der Waals surface area (Å²) in [5.74, 6) is -5.03. The minimum atomic E-state index is -6.18. The quantitative estimate of drug-likeness (QED) is 0.464. The van der Waals surface area contributed by atoms with Gasteiger partial charge in [-0.05, 0) is 23.6 Å². The van der Waals surface area contributed by atoms with Crippen LogP contribution < -0.4 is 4.18 Å². The number of halogens is 8. The summed E-state index contributed by atoms with van der Waals surface area (Å²) in [6.45, 7) is 0. The molecule has 26 heavy (non-hydrogen) atoms. The number of aryl methyl sites for hydroxylation is 1. The molecule has 0 amide bonds. The van der Waals surface area contributed by atoms with Gasteiger partial charge in [0.25, 0.3) is 5.92 Å². The highest BCUT2D eigenvalue weighted by Gasteiger charge is 2.52. The van der Waals surface area contributed by atoms with Gasteiger partial charge < -0.3 is 9.29 Å². The number of hydrogen-bond donors (Lipinski definition) is 1. The summed E-state index contributed by atoms with van der Waals surface area (Å²) in [6.07, 6.45) is -10.9. The van der Waals surface area contributed by atoms with Gasteiger partial charge in [-0.15, -0.1) is 0 Å². The molecule has 2 rings (SSSR count). The Kier molecular flexibility index (Phi) is 4.95. The van der Waals surface area contributed by atoms with Crippen LogP contribution >= 0.6 is 0 Å². The Labute approximate surface area is 141 Å². The fourth-order valence-corrected chi connectivity index (χ4v) is 2.98. The maximum absolute atomic E-state index is 13.7. The van der Waals surface area contributed by atoms with E-state index in [9.17, 15) is 48.6 Å². The van der Waals surface area contributed by atoms with Crippen LogP contribution in [0.15, 0.2) is 12.1 Å². The van der Waals surface area contributed by atoms with Gasteiger partial charge in [0.15, 0.2) is 0 Å². The normalized spacial score (nSPS) is 20.1. The summed E-state index contributed by atoms with van der Waals surface area (Å²) < 4.78 is 128. The van der Waals surface area contributed by atoms with Crippen LogP contribution in [0.1, 0.15) is 29.2 Å². The Balaban J connectivity index is 2.49. The first kappa shape index (κ1) is 20.7. The van der Waals surface area contributed by atoms with Crippen molar-refractivity contribution in [2.75, 3.05) is 0 Å². The zero-order valence-corrected chi connectivity index (χ0v) is 13.3. The molecule has 0 radical (unpaired) electrons. The van der Waals surface area contributed by atoms with Gasteiger partial charge in [0, 0.05) is 18.4 Å². The Morgan fingerprint density at radius 1 is 1.15 bits per heavy atom. The molecule has 4 nitrogen and oxygen atoms in total. The number of hydrogen-bond acceptors (Lipinski definition) is 4. The van der Waals surface area contributed by atoms with E-state index in [2.05, 4.69) is 4.18 Å². The molecule has 0 bridgehead atoms. The molecule has 1 aliphatic carbocycles. The molecule has 148 valence electrons. The highest BCUT2D eigenvalue weighted by Crippen LogP contribution is 2.49. The van der Waals surface area contributed by atoms with Crippen molar-refractivity contribution in [1.29, 1.82) is 0 Å². The molecule has 0 spiro atoms. The topological polar surface area (TPSA) is 63.6 Å². The standard InChI is InChI=1S/C13H10F8O4S/c14-11(15)5-7-8(25-26(23,24)13(19,20)21)2-1-6(9(7)10(11)22)3-4-12(16,17)18/h1-2,10,22H,3-5H2/t10-/m0/s1. The molecule has 0 saturated heterocycles. The van der Waals surface area contributed by atoms with E-state index in [-0.39, 0.29) is 0 Å². The van der Waals surface area contributed by atoms with Crippen molar-refractivity contribution >= 4 is 10.1 Å². The molecule has 0 saturated carbocycles. The van der Waals surface area contributed by atoms with Gasteiger partial charge in [0.2, 0.25) is 0 Å². The molecule has 0 aromatic heterocycles. The molecular weight excluding hydrogens is 404 g/mol. The van der Waals surface area contributed by atoms with Crippen molar-refractivity contribution in [2.24, 2.45) is 0 Å². The first-order valence-electron chi connectivity index (χ1n) is 6.83. The zero-order chi connectivity index (χ0) is 20.1. The van der Waals surface area contributed by atoms with Gasteiger partial charge in [-0.3, -0.25) is 0 Å². The van der Waals surface area contributed by atoms with E-state index in [1.165, 1.54) is 0 Å². The van der Waals surface area contributed by atoms with Crippen LogP contribution in [0.2, 0.25) is 0 Å². The van der Waals surface area contributed by atoms with Crippen molar-refractivity contribution in [1.82, 2.24) is 0 Å². The number of aliphatic hydroxyl groups is 1. The lowest BCUT2D eigenvalue weighted by Gasteiger charge is -2.17. The lowest BCUT2D eigenvalue weighted by Crippen LogP contribution is -2.28. The predicted octanol–water partition coefficient (Wildman–Crippen LogP) is 3.63. The van der Waals surface area contributed by atoms with Crippen molar-refractivity contribution < 1.29 is 52.8 Å². The van der Waals surface area contributed by atoms with E-state index in [1.807, 2.05) is 0 Å². The Hall–Kier alpha value is -1.63. The lowest BCUT2D eigenvalue weighted by atomic mass is 9.97. The molecule has 1 N–H and O–H groups in total.